The summed E-state index contributed by atoms with van der Waals surface area (Å²) in [5.74, 6) is -0.852. The smallest absolute Gasteiger partial charge is 0.310 e. The first kappa shape index (κ1) is 17.5. The van der Waals surface area contributed by atoms with Crippen LogP contribution in [0.25, 0.3) is 0 Å². The maximum absolute atomic E-state index is 12.8. The zero-order valence-electron chi connectivity index (χ0n) is 13.3. The minimum Gasteiger partial charge on any atom is -0.492 e. The van der Waals surface area contributed by atoms with Gasteiger partial charge in [-0.25, -0.2) is 4.39 Å². The van der Waals surface area contributed by atoms with Crippen LogP contribution in [-0.2, 0) is 20.7 Å². The van der Waals surface area contributed by atoms with E-state index in [1.54, 1.807) is 24.3 Å². The number of hydrogen-bond acceptors (Lipinski definition) is 4. The van der Waals surface area contributed by atoms with Crippen LogP contribution in [0.4, 0.5) is 10.1 Å². The van der Waals surface area contributed by atoms with Crippen LogP contribution in [-0.4, -0.2) is 25.1 Å². The van der Waals surface area contributed by atoms with Crippen molar-refractivity contribution >= 4 is 17.6 Å². The van der Waals surface area contributed by atoms with Gasteiger partial charge in [0.2, 0.25) is 0 Å². The summed E-state index contributed by atoms with van der Waals surface area (Å²) < 4.78 is 23.1. The Morgan fingerprint density at radius 1 is 1.08 bits per heavy atom. The van der Waals surface area contributed by atoms with Crippen LogP contribution in [0.3, 0.4) is 0 Å². The van der Waals surface area contributed by atoms with E-state index in [1.165, 1.54) is 24.3 Å². The normalized spacial score (nSPS) is 10.1. The molecule has 0 spiro atoms. The Morgan fingerprint density at radius 3 is 2.50 bits per heavy atom. The fraction of sp³-hybridized carbons (Fsp3) is 0.222. The summed E-state index contributed by atoms with van der Waals surface area (Å²) in [5, 5.41) is 2.63. The molecule has 0 heterocycles. The number of anilines is 1. The maximum atomic E-state index is 12.8. The second-order valence-corrected chi connectivity index (χ2v) is 4.94. The number of ether oxygens (including phenoxy) is 2. The minimum atomic E-state index is -0.560. The average Bonchev–Trinajstić information content (AvgIpc) is 2.57. The third kappa shape index (κ3) is 5.39. The van der Waals surface area contributed by atoms with Gasteiger partial charge in [0.15, 0.2) is 6.61 Å². The molecule has 0 atom stereocenters. The van der Waals surface area contributed by atoms with Gasteiger partial charge >= 0.3 is 5.97 Å². The lowest BCUT2D eigenvalue weighted by atomic mass is 10.1. The standard InChI is InChI=1S/C18H18FNO4/c1-2-23-16-6-4-3-5-15(16)20-17(21)12-24-18(22)11-13-7-9-14(19)10-8-13/h3-10H,2,11-12H2,1H3,(H,20,21). The highest BCUT2D eigenvalue weighted by molar-refractivity contribution is 5.94. The van der Waals surface area contributed by atoms with Crippen LogP contribution in [0.15, 0.2) is 48.5 Å². The van der Waals surface area contributed by atoms with E-state index in [4.69, 9.17) is 9.47 Å². The molecule has 2 aromatic rings. The summed E-state index contributed by atoms with van der Waals surface area (Å²) in [4.78, 5) is 23.6. The average molecular weight is 331 g/mol. The highest BCUT2D eigenvalue weighted by atomic mass is 19.1. The first-order valence-corrected chi connectivity index (χ1v) is 7.50. The summed E-state index contributed by atoms with van der Waals surface area (Å²) >= 11 is 0. The van der Waals surface area contributed by atoms with E-state index in [-0.39, 0.29) is 12.2 Å². The van der Waals surface area contributed by atoms with Crippen molar-refractivity contribution in [3.05, 3.63) is 59.9 Å². The Labute approximate surface area is 139 Å². The molecule has 0 saturated carbocycles. The van der Waals surface area contributed by atoms with Crippen LogP contribution in [0, 0.1) is 5.82 Å². The molecule has 0 unspecified atom stereocenters. The molecule has 1 N–H and O–H groups in total. The molecule has 0 aliphatic rings. The Morgan fingerprint density at radius 2 is 1.79 bits per heavy atom. The van der Waals surface area contributed by atoms with Gasteiger partial charge in [-0.2, -0.15) is 0 Å². The Kier molecular flexibility index (Phi) is 6.31. The zero-order chi connectivity index (χ0) is 17.4. The molecule has 0 fully saturated rings. The van der Waals surface area contributed by atoms with Crippen LogP contribution >= 0.6 is 0 Å². The SMILES string of the molecule is CCOc1ccccc1NC(=O)COC(=O)Cc1ccc(F)cc1. The van der Waals surface area contributed by atoms with Gasteiger partial charge in [0, 0.05) is 0 Å². The van der Waals surface area contributed by atoms with Gasteiger partial charge in [-0.3, -0.25) is 9.59 Å². The number of benzene rings is 2. The number of amides is 1. The molecule has 2 rings (SSSR count). The van der Waals surface area contributed by atoms with Crippen molar-refractivity contribution in [1.82, 2.24) is 0 Å². The molecule has 126 valence electrons. The summed E-state index contributed by atoms with van der Waals surface area (Å²) in [5.41, 5.74) is 1.13. The van der Waals surface area contributed by atoms with Crippen molar-refractivity contribution in [3.8, 4) is 5.75 Å². The molecule has 0 aliphatic carbocycles. The zero-order valence-corrected chi connectivity index (χ0v) is 13.3. The summed E-state index contributed by atoms with van der Waals surface area (Å²) in [6, 6.07) is 12.5. The molecule has 24 heavy (non-hydrogen) atoms. The third-order valence-electron chi connectivity index (χ3n) is 3.09. The largest absolute Gasteiger partial charge is 0.492 e. The number of carbonyl (C=O) groups excluding carboxylic acids is 2. The third-order valence-corrected chi connectivity index (χ3v) is 3.09. The minimum absolute atomic E-state index is 0.0247. The number of esters is 1. The fourth-order valence-electron chi connectivity index (χ4n) is 2.00. The molecule has 6 heteroatoms. The highest BCUT2D eigenvalue weighted by Crippen LogP contribution is 2.23. The first-order valence-electron chi connectivity index (χ1n) is 7.50. The van der Waals surface area contributed by atoms with Gasteiger partial charge in [-0.15, -0.1) is 0 Å². The van der Waals surface area contributed by atoms with E-state index in [2.05, 4.69) is 5.32 Å². The lowest BCUT2D eigenvalue weighted by Crippen LogP contribution is -2.22. The fourth-order valence-corrected chi connectivity index (χ4v) is 2.00. The second kappa shape index (κ2) is 8.67. The topological polar surface area (TPSA) is 64.6 Å². The summed E-state index contributed by atoms with van der Waals surface area (Å²) in [6.45, 7) is 1.91. The van der Waals surface area contributed by atoms with E-state index in [0.29, 0.717) is 23.6 Å². The lowest BCUT2D eigenvalue weighted by Gasteiger charge is -2.11. The molecule has 0 saturated heterocycles. The molecule has 5 nitrogen and oxygen atoms in total. The molecule has 0 aliphatic heterocycles. The van der Waals surface area contributed by atoms with Crippen LogP contribution in [0.5, 0.6) is 5.75 Å². The van der Waals surface area contributed by atoms with Crippen molar-refractivity contribution in [3.63, 3.8) is 0 Å². The Balaban J connectivity index is 1.82. The van der Waals surface area contributed by atoms with Gasteiger partial charge in [0.25, 0.3) is 5.91 Å². The predicted molar refractivity (Wildman–Crippen MR) is 87.3 cm³/mol. The predicted octanol–water partition coefficient (Wildman–Crippen LogP) is 2.95. The van der Waals surface area contributed by atoms with E-state index < -0.39 is 18.5 Å². The number of hydrogen-bond donors (Lipinski definition) is 1. The molecular weight excluding hydrogens is 313 g/mol. The van der Waals surface area contributed by atoms with Crippen LogP contribution < -0.4 is 10.1 Å². The van der Waals surface area contributed by atoms with Crippen molar-refractivity contribution in [1.29, 1.82) is 0 Å². The molecule has 2 aromatic carbocycles. The number of rotatable bonds is 7. The van der Waals surface area contributed by atoms with Crippen LogP contribution in [0.1, 0.15) is 12.5 Å². The Hall–Kier alpha value is -2.89. The monoisotopic (exact) mass is 331 g/mol. The van der Waals surface area contributed by atoms with Gasteiger partial charge in [0.05, 0.1) is 18.7 Å². The molecule has 0 aromatic heterocycles. The van der Waals surface area contributed by atoms with E-state index in [9.17, 15) is 14.0 Å². The highest BCUT2D eigenvalue weighted by Gasteiger charge is 2.11. The maximum Gasteiger partial charge on any atom is 0.310 e. The van der Waals surface area contributed by atoms with Gasteiger partial charge in [0.1, 0.15) is 11.6 Å². The molecule has 0 radical (unpaired) electrons. The first-order chi connectivity index (χ1) is 11.6. The lowest BCUT2D eigenvalue weighted by molar-refractivity contribution is -0.146. The van der Waals surface area contributed by atoms with Gasteiger partial charge in [-0.05, 0) is 36.8 Å². The van der Waals surface area contributed by atoms with Crippen molar-refractivity contribution < 1.29 is 23.5 Å². The second-order valence-electron chi connectivity index (χ2n) is 4.94. The van der Waals surface area contributed by atoms with Crippen LogP contribution in [0.2, 0.25) is 0 Å². The van der Waals surface area contributed by atoms with Gasteiger partial charge in [-0.1, -0.05) is 24.3 Å². The molecular formula is C18H18FNO4. The summed E-state index contributed by atoms with van der Waals surface area (Å²) in [6.07, 6.45) is -0.0247. The van der Waals surface area contributed by atoms with Crippen molar-refractivity contribution in [2.24, 2.45) is 0 Å². The Bertz CT molecular complexity index is 700. The van der Waals surface area contributed by atoms with Crippen molar-refractivity contribution in [2.75, 3.05) is 18.5 Å². The quantitative estimate of drug-likeness (QED) is 0.792. The number of para-hydroxylation sites is 2. The number of halogens is 1. The van der Waals surface area contributed by atoms with Gasteiger partial charge < -0.3 is 14.8 Å². The van der Waals surface area contributed by atoms with E-state index >= 15 is 0 Å². The summed E-state index contributed by atoms with van der Waals surface area (Å²) in [7, 11) is 0. The van der Waals surface area contributed by atoms with E-state index in [1.807, 2.05) is 6.92 Å². The number of carbonyl (C=O) groups is 2. The number of nitrogens with one attached hydrogen (secondary N) is 1. The van der Waals surface area contributed by atoms with E-state index in [0.717, 1.165) is 0 Å². The molecule has 1 amide bonds. The molecule has 0 bridgehead atoms. The van der Waals surface area contributed by atoms with Crippen molar-refractivity contribution in [2.45, 2.75) is 13.3 Å².